The summed E-state index contributed by atoms with van der Waals surface area (Å²) in [5.74, 6) is -0.0505. The fourth-order valence-corrected chi connectivity index (χ4v) is 2.30. The number of rotatable bonds is 6. The van der Waals surface area contributed by atoms with Gasteiger partial charge in [0, 0.05) is 5.56 Å². The predicted molar refractivity (Wildman–Crippen MR) is 73.3 cm³/mol. The topological polar surface area (TPSA) is 55.7 Å². The van der Waals surface area contributed by atoms with E-state index in [1.165, 1.54) is 0 Å². The molecule has 6 heteroatoms. The standard InChI is InChI=1S/C12H16ClNO3S/c1-3-4-9-18(15,16)17-14-12(13)11-7-5-10(2)6-8-11/h5-8H,3-4,9H2,1-2H3/b14-12-. The van der Waals surface area contributed by atoms with Gasteiger partial charge in [-0.3, -0.25) is 4.28 Å². The van der Waals surface area contributed by atoms with E-state index in [-0.39, 0.29) is 10.9 Å². The van der Waals surface area contributed by atoms with Crippen molar-refractivity contribution < 1.29 is 12.7 Å². The smallest absolute Gasteiger partial charge is 0.267 e. The number of halogens is 1. The zero-order valence-electron chi connectivity index (χ0n) is 10.4. The van der Waals surface area contributed by atoms with Crippen molar-refractivity contribution in [1.29, 1.82) is 0 Å². The maximum absolute atomic E-state index is 11.4. The molecule has 0 spiro atoms. The molecule has 0 aliphatic heterocycles. The van der Waals surface area contributed by atoms with Gasteiger partial charge in [-0.1, -0.05) is 59.9 Å². The summed E-state index contributed by atoms with van der Waals surface area (Å²) in [6.45, 7) is 3.85. The molecule has 100 valence electrons. The second-order valence-electron chi connectivity index (χ2n) is 3.94. The molecule has 0 N–H and O–H groups in total. The molecule has 0 radical (unpaired) electrons. The minimum absolute atomic E-state index is 0.0232. The fourth-order valence-electron chi connectivity index (χ4n) is 1.19. The summed E-state index contributed by atoms with van der Waals surface area (Å²) >= 11 is 5.86. The lowest BCUT2D eigenvalue weighted by Crippen LogP contribution is -2.08. The molecule has 0 unspecified atom stereocenters. The molecule has 1 rings (SSSR count). The number of hydrogen-bond donors (Lipinski definition) is 0. The third-order valence-electron chi connectivity index (χ3n) is 2.27. The van der Waals surface area contributed by atoms with Crippen LogP contribution in [0.1, 0.15) is 30.9 Å². The molecule has 0 aliphatic rings. The third-order valence-corrected chi connectivity index (χ3v) is 3.65. The van der Waals surface area contributed by atoms with Crippen molar-refractivity contribution in [3.63, 3.8) is 0 Å². The molecule has 0 heterocycles. The van der Waals surface area contributed by atoms with Gasteiger partial charge < -0.3 is 0 Å². The van der Waals surface area contributed by atoms with Crippen molar-refractivity contribution in [2.75, 3.05) is 5.75 Å². The van der Waals surface area contributed by atoms with Gasteiger partial charge in [0.1, 0.15) is 0 Å². The molecule has 0 atom stereocenters. The van der Waals surface area contributed by atoms with Gasteiger partial charge in [-0.2, -0.15) is 8.42 Å². The fraction of sp³-hybridized carbons (Fsp3) is 0.417. The summed E-state index contributed by atoms with van der Waals surface area (Å²) in [4.78, 5) is 0. The second kappa shape index (κ2) is 6.75. The Labute approximate surface area is 113 Å². The van der Waals surface area contributed by atoms with E-state index < -0.39 is 10.1 Å². The van der Waals surface area contributed by atoms with Crippen molar-refractivity contribution in [3.05, 3.63) is 35.4 Å². The van der Waals surface area contributed by atoms with Crippen molar-refractivity contribution >= 4 is 26.9 Å². The Balaban J connectivity index is 2.70. The van der Waals surface area contributed by atoms with Crippen molar-refractivity contribution in [2.45, 2.75) is 26.7 Å². The molecular formula is C12H16ClNO3S. The highest BCUT2D eigenvalue weighted by atomic mass is 35.5. The summed E-state index contributed by atoms with van der Waals surface area (Å²) in [5.41, 5.74) is 1.70. The first-order valence-electron chi connectivity index (χ1n) is 5.66. The summed E-state index contributed by atoms with van der Waals surface area (Å²) in [6.07, 6.45) is 1.32. The molecule has 18 heavy (non-hydrogen) atoms. The van der Waals surface area contributed by atoms with Gasteiger partial charge >= 0.3 is 10.1 Å². The Morgan fingerprint density at radius 2 is 1.94 bits per heavy atom. The van der Waals surface area contributed by atoms with Crippen molar-refractivity contribution in [1.82, 2.24) is 0 Å². The van der Waals surface area contributed by atoms with Gasteiger partial charge in [-0.05, 0) is 13.3 Å². The lowest BCUT2D eigenvalue weighted by atomic mass is 10.2. The molecule has 1 aromatic rings. The zero-order valence-corrected chi connectivity index (χ0v) is 12.0. The van der Waals surface area contributed by atoms with Crippen LogP contribution in [-0.2, 0) is 14.4 Å². The van der Waals surface area contributed by atoms with Gasteiger partial charge in [0.05, 0.1) is 5.75 Å². The summed E-state index contributed by atoms with van der Waals surface area (Å²) < 4.78 is 27.3. The van der Waals surface area contributed by atoms with E-state index >= 15 is 0 Å². The van der Waals surface area contributed by atoms with Gasteiger partial charge in [0.15, 0.2) is 5.17 Å². The maximum Gasteiger partial charge on any atom is 0.328 e. The van der Waals surface area contributed by atoms with E-state index in [2.05, 4.69) is 9.44 Å². The molecule has 0 saturated carbocycles. The molecule has 0 amide bonds. The highest BCUT2D eigenvalue weighted by molar-refractivity contribution is 7.86. The Bertz CT molecular complexity index is 509. The quantitative estimate of drug-likeness (QED) is 0.597. The highest BCUT2D eigenvalue weighted by Gasteiger charge is 2.11. The number of unbranched alkanes of at least 4 members (excludes halogenated alkanes) is 1. The van der Waals surface area contributed by atoms with E-state index in [0.717, 1.165) is 12.0 Å². The predicted octanol–water partition coefficient (Wildman–Crippen LogP) is 3.04. The lowest BCUT2D eigenvalue weighted by molar-refractivity contribution is 0.339. The van der Waals surface area contributed by atoms with Crippen LogP contribution in [0.25, 0.3) is 0 Å². The van der Waals surface area contributed by atoms with Gasteiger partial charge in [-0.25, -0.2) is 0 Å². The largest absolute Gasteiger partial charge is 0.328 e. The number of oxime groups is 1. The maximum atomic E-state index is 11.4. The average molecular weight is 290 g/mol. The van der Waals surface area contributed by atoms with Crippen LogP contribution >= 0.6 is 11.6 Å². The van der Waals surface area contributed by atoms with Crippen LogP contribution in [0.2, 0.25) is 0 Å². The summed E-state index contributed by atoms with van der Waals surface area (Å²) in [6, 6.07) is 7.23. The molecule has 0 saturated heterocycles. The van der Waals surface area contributed by atoms with Crippen molar-refractivity contribution in [3.8, 4) is 0 Å². The molecule has 0 aliphatic carbocycles. The van der Waals surface area contributed by atoms with Crippen LogP contribution in [0.5, 0.6) is 0 Å². The minimum Gasteiger partial charge on any atom is -0.267 e. The highest BCUT2D eigenvalue weighted by Crippen LogP contribution is 2.09. The first kappa shape index (κ1) is 15.0. The number of aryl methyl sites for hydroxylation is 1. The normalized spacial score (nSPS) is 12.5. The third kappa shape index (κ3) is 5.06. The Morgan fingerprint density at radius 3 is 2.50 bits per heavy atom. The van der Waals surface area contributed by atoms with Crippen LogP contribution < -0.4 is 0 Å². The van der Waals surface area contributed by atoms with E-state index in [0.29, 0.717) is 12.0 Å². The molecule has 4 nitrogen and oxygen atoms in total. The first-order valence-corrected chi connectivity index (χ1v) is 7.62. The Hall–Kier alpha value is -1.07. The van der Waals surface area contributed by atoms with E-state index in [1.807, 2.05) is 26.0 Å². The molecule has 0 fully saturated rings. The van der Waals surface area contributed by atoms with Crippen LogP contribution in [-0.4, -0.2) is 19.3 Å². The number of nitrogens with zero attached hydrogens (tertiary/aromatic N) is 1. The molecule has 0 bridgehead atoms. The first-order chi connectivity index (χ1) is 8.44. The Kier molecular flexibility index (Phi) is 5.62. The van der Waals surface area contributed by atoms with Gasteiger partial charge in [-0.15, -0.1) is 0 Å². The average Bonchev–Trinajstić information content (AvgIpc) is 2.35. The number of hydrogen-bond acceptors (Lipinski definition) is 4. The van der Waals surface area contributed by atoms with Crippen LogP contribution in [0, 0.1) is 6.92 Å². The minimum atomic E-state index is -3.63. The number of benzene rings is 1. The summed E-state index contributed by atoms with van der Waals surface area (Å²) in [7, 11) is -3.63. The summed E-state index contributed by atoms with van der Waals surface area (Å²) in [5, 5.41) is 3.47. The monoisotopic (exact) mass is 289 g/mol. The van der Waals surface area contributed by atoms with E-state index in [4.69, 9.17) is 11.6 Å². The van der Waals surface area contributed by atoms with E-state index in [1.54, 1.807) is 12.1 Å². The van der Waals surface area contributed by atoms with Crippen LogP contribution in [0.15, 0.2) is 29.4 Å². The zero-order chi connectivity index (χ0) is 13.6. The van der Waals surface area contributed by atoms with Crippen molar-refractivity contribution in [2.24, 2.45) is 5.16 Å². The second-order valence-corrected chi connectivity index (χ2v) is 5.97. The molecule has 0 aromatic heterocycles. The molecule has 1 aromatic carbocycles. The molecular weight excluding hydrogens is 274 g/mol. The van der Waals surface area contributed by atoms with Gasteiger partial charge in [0.2, 0.25) is 0 Å². The lowest BCUT2D eigenvalue weighted by Gasteiger charge is -2.02. The van der Waals surface area contributed by atoms with Crippen LogP contribution in [0.4, 0.5) is 0 Å². The van der Waals surface area contributed by atoms with Crippen LogP contribution in [0.3, 0.4) is 0 Å². The Morgan fingerprint density at radius 1 is 1.33 bits per heavy atom. The van der Waals surface area contributed by atoms with Gasteiger partial charge in [0.25, 0.3) is 0 Å². The van der Waals surface area contributed by atoms with E-state index in [9.17, 15) is 8.42 Å². The SMILES string of the molecule is CCCCS(=O)(=O)O/N=C(\Cl)c1ccc(C)cc1.